The minimum Gasteiger partial charge on any atom is -0.410 e. The summed E-state index contributed by atoms with van der Waals surface area (Å²) in [4.78, 5) is 12.5. The summed E-state index contributed by atoms with van der Waals surface area (Å²) >= 11 is 1.76. The number of ether oxygens (including phenoxy) is 2. The van der Waals surface area contributed by atoms with Gasteiger partial charge in [-0.2, -0.15) is 0 Å². The highest BCUT2D eigenvalue weighted by Crippen LogP contribution is 2.35. The van der Waals surface area contributed by atoms with Crippen LogP contribution >= 0.6 is 11.3 Å². The van der Waals surface area contributed by atoms with Gasteiger partial charge in [-0.05, 0) is 72.5 Å². The fourth-order valence-electron chi connectivity index (χ4n) is 4.09. The van der Waals surface area contributed by atoms with Gasteiger partial charge < -0.3 is 20.5 Å². The highest BCUT2D eigenvalue weighted by atomic mass is 32.1. The van der Waals surface area contributed by atoms with Crippen LogP contribution in [0.2, 0.25) is 0 Å². The maximum atomic E-state index is 11.4. The lowest BCUT2D eigenvalue weighted by molar-refractivity contribution is 0.0494. The predicted octanol–water partition coefficient (Wildman–Crippen LogP) is 5.18. The van der Waals surface area contributed by atoms with E-state index in [1.807, 2.05) is 12.1 Å². The lowest BCUT2D eigenvalue weighted by Gasteiger charge is -2.28. The number of hydrogen-bond donors (Lipinski definition) is 2. The quantitative estimate of drug-likeness (QED) is 0.548. The Morgan fingerprint density at radius 1 is 1.23 bits per heavy atom. The van der Waals surface area contributed by atoms with Gasteiger partial charge in [0.05, 0.1) is 0 Å². The van der Waals surface area contributed by atoms with E-state index in [9.17, 15) is 4.79 Å². The topological polar surface area (TPSA) is 73.6 Å². The number of nitrogens with one attached hydrogen (secondary N) is 1. The normalized spacial score (nSPS) is 15.9. The number of thiophene rings is 1. The zero-order chi connectivity index (χ0) is 20.9. The fourth-order valence-corrected chi connectivity index (χ4v) is 5.15. The average Bonchev–Trinajstić information content (AvgIpc) is 3.19. The van der Waals surface area contributed by atoms with Gasteiger partial charge in [0.2, 0.25) is 0 Å². The Bertz CT molecular complexity index is 978. The van der Waals surface area contributed by atoms with Gasteiger partial charge in [-0.25, -0.2) is 4.79 Å². The van der Waals surface area contributed by atoms with Gasteiger partial charge in [-0.3, -0.25) is 0 Å². The van der Waals surface area contributed by atoms with Gasteiger partial charge in [0, 0.05) is 34.9 Å². The molecule has 0 spiro atoms. The summed E-state index contributed by atoms with van der Waals surface area (Å²) in [6.07, 6.45) is 1.46. The first-order chi connectivity index (χ1) is 14.6. The molecule has 4 rings (SSSR count). The van der Waals surface area contributed by atoms with Crippen molar-refractivity contribution in [2.75, 3.05) is 19.8 Å². The molecule has 1 atom stereocenters. The third-order valence-corrected chi connectivity index (χ3v) is 7.00. The zero-order valence-electron chi connectivity index (χ0n) is 17.2. The minimum atomic E-state index is -0.790. The number of fused-ring (bicyclic) bond motifs is 1. The lowest BCUT2D eigenvalue weighted by Crippen LogP contribution is -2.30. The molecule has 158 valence electrons. The monoisotopic (exact) mass is 424 g/mol. The fraction of sp³-hybridized carbons (Fsp3) is 0.375. The summed E-state index contributed by atoms with van der Waals surface area (Å²) in [7, 11) is 0. The molecule has 1 unspecified atom stereocenters. The van der Waals surface area contributed by atoms with Gasteiger partial charge in [-0.1, -0.05) is 25.1 Å². The SMILES string of the molecule is CC(CNCc1cc(-c2cc3ccccc3s2)ccc1OC(N)=O)C1CCOCC1. The zero-order valence-corrected chi connectivity index (χ0v) is 18.0. The Labute approximate surface area is 181 Å². The van der Waals surface area contributed by atoms with Crippen LogP contribution in [0.4, 0.5) is 4.79 Å². The van der Waals surface area contributed by atoms with Gasteiger partial charge in [0.1, 0.15) is 5.75 Å². The molecule has 0 radical (unpaired) electrons. The second-order valence-electron chi connectivity index (χ2n) is 7.95. The van der Waals surface area contributed by atoms with E-state index >= 15 is 0 Å². The molecule has 30 heavy (non-hydrogen) atoms. The van der Waals surface area contributed by atoms with Crippen molar-refractivity contribution in [3.05, 3.63) is 54.1 Å². The van der Waals surface area contributed by atoms with Gasteiger partial charge in [0.15, 0.2) is 0 Å². The van der Waals surface area contributed by atoms with Crippen molar-refractivity contribution in [1.82, 2.24) is 5.32 Å². The molecular weight excluding hydrogens is 396 g/mol. The average molecular weight is 425 g/mol. The Kier molecular flexibility index (Phi) is 6.67. The second-order valence-corrected chi connectivity index (χ2v) is 9.03. The van der Waals surface area contributed by atoms with Crippen molar-refractivity contribution in [2.45, 2.75) is 26.3 Å². The summed E-state index contributed by atoms with van der Waals surface area (Å²) in [5.74, 6) is 1.77. The number of carbonyl (C=O) groups excluding carboxylic acids is 1. The number of primary amides is 1. The Balaban J connectivity index is 1.50. The summed E-state index contributed by atoms with van der Waals surface area (Å²) in [6, 6.07) is 16.5. The van der Waals surface area contributed by atoms with Gasteiger partial charge in [-0.15, -0.1) is 11.3 Å². The molecule has 0 bridgehead atoms. The molecular formula is C24H28N2O3S. The third-order valence-electron chi connectivity index (χ3n) is 5.83. The van der Waals surface area contributed by atoms with E-state index in [1.165, 1.54) is 15.0 Å². The van der Waals surface area contributed by atoms with Crippen LogP contribution in [-0.4, -0.2) is 25.9 Å². The minimum absolute atomic E-state index is 0.513. The van der Waals surface area contributed by atoms with Crippen molar-refractivity contribution in [2.24, 2.45) is 17.6 Å². The van der Waals surface area contributed by atoms with Crippen LogP contribution in [0.1, 0.15) is 25.3 Å². The second kappa shape index (κ2) is 9.60. The smallest absolute Gasteiger partial charge is 0.409 e. The summed E-state index contributed by atoms with van der Waals surface area (Å²) < 4.78 is 12.0. The van der Waals surface area contributed by atoms with Crippen LogP contribution in [0.15, 0.2) is 48.5 Å². The van der Waals surface area contributed by atoms with Crippen LogP contribution in [0.25, 0.3) is 20.5 Å². The number of amides is 1. The number of carbonyl (C=O) groups is 1. The molecule has 0 saturated carbocycles. The Morgan fingerprint density at radius 3 is 2.80 bits per heavy atom. The molecule has 2 aromatic carbocycles. The van der Waals surface area contributed by atoms with Crippen molar-refractivity contribution < 1.29 is 14.3 Å². The van der Waals surface area contributed by atoms with E-state index < -0.39 is 6.09 Å². The van der Waals surface area contributed by atoms with Crippen LogP contribution in [0, 0.1) is 11.8 Å². The summed E-state index contributed by atoms with van der Waals surface area (Å²) in [5.41, 5.74) is 7.32. The first kappa shape index (κ1) is 20.8. The van der Waals surface area contributed by atoms with Crippen molar-refractivity contribution in [3.8, 4) is 16.2 Å². The molecule has 1 fully saturated rings. The standard InChI is InChI=1S/C24H28N2O3S/c1-16(17-8-10-28-11-9-17)14-26-15-20-12-19(6-7-21(20)29-24(25)27)23-13-18-4-2-3-5-22(18)30-23/h2-7,12-13,16-17,26H,8-11,14-15H2,1H3,(H2,25,27). The molecule has 1 aromatic heterocycles. The van der Waals surface area contributed by atoms with E-state index in [0.717, 1.165) is 43.7 Å². The van der Waals surface area contributed by atoms with Crippen LogP contribution in [0.5, 0.6) is 5.75 Å². The molecule has 6 heteroatoms. The molecule has 2 heterocycles. The van der Waals surface area contributed by atoms with E-state index in [4.69, 9.17) is 15.2 Å². The molecule has 3 aromatic rings. The highest BCUT2D eigenvalue weighted by Gasteiger charge is 2.20. The van der Waals surface area contributed by atoms with E-state index in [0.29, 0.717) is 24.1 Å². The van der Waals surface area contributed by atoms with E-state index in [1.54, 1.807) is 11.3 Å². The maximum absolute atomic E-state index is 11.4. The van der Waals surface area contributed by atoms with Gasteiger partial charge in [0.25, 0.3) is 0 Å². The summed E-state index contributed by atoms with van der Waals surface area (Å²) in [6.45, 7) is 5.55. The predicted molar refractivity (Wildman–Crippen MR) is 122 cm³/mol. The van der Waals surface area contributed by atoms with Crippen LogP contribution in [0.3, 0.4) is 0 Å². The maximum Gasteiger partial charge on any atom is 0.409 e. The molecule has 1 saturated heterocycles. The molecule has 5 nitrogen and oxygen atoms in total. The molecule has 1 aliphatic heterocycles. The lowest BCUT2D eigenvalue weighted by atomic mass is 9.87. The van der Waals surface area contributed by atoms with Gasteiger partial charge >= 0.3 is 6.09 Å². The molecule has 1 amide bonds. The van der Waals surface area contributed by atoms with Crippen molar-refractivity contribution in [1.29, 1.82) is 0 Å². The highest BCUT2D eigenvalue weighted by molar-refractivity contribution is 7.22. The number of nitrogens with two attached hydrogens (primary N) is 1. The Morgan fingerprint density at radius 2 is 2.03 bits per heavy atom. The number of benzene rings is 2. The summed E-state index contributed by atoms with van der Waals surface area (Å²) in [5, 5.41) is 4.78. The Hall–Kier alpha value is -2.41. The van der Waals surface area contributed by atoms with E-state index in [2.05, 4.69) is 48.6 Å². The number of hydrogen-bond acceptors (Lipinski definition) is 5. The van der Waals surface area contributed by atoms with E-state index in [-0.39, 0.29) is 0 Å². The van der Waals surface area contributed by atoms with Crippen LogP contribution in [-0.2, 0) is 11.3 Å². The third kappa shape index (κ3) is 5.01. The van der Waals surface area contributed by atoms with Crippen molar-refractivity contribution in [3.63, 3.8) is 0 Å². The first-order valence-corrected chi connectivity index (χ1v) is 11.3. The van der Waals surface area contributed by atoms with Crippen molar-refractivity contribution >= 4 is 27.5 Å². The van der Waals surface area contributed by atoms with Crippen LogP contribution < -0.4 is 15.8 Å². The molecule has 0 aliphatic carbocycles. The number of rotatable bonds is 7. The first-order valence-electron chi connectivity index (χ1n) is 10.5. The molecule has 3 N–H and O–H groups in total. The molecule has 1 aliphatic rings. The largest absolute Gasteiger partial charge is 0.410 e.